The summed E-state index contributed by atoms with van der Waals surface area (Å²) in [5.41, 5.74) is 0. The SMILES string of the molecule is O=C(NC1CN(S(=O)(=O)C2CCOCC2)CCO1)c1cc2ccccc2s1. The molecule has 0 aliphatic carbocycles. The summed E-state index contributed by atoms with van der Waals surface area (Å²) in [4.78, 5) is 13.2. The fraction of sp³-hybridized carbons (Fsp3) is 0.500. The number of carbonyl (C=O) groups excluding carboxylic acids is 1. The normalized spacial score (nSPS) is 22.7. The quantitative estimate of drug-likeness (QED) is 0.831. The number of sulfonamides is 1. The smallest absolute Gasteiger partial charge is 0.263 e. The third kappa shape index (κ3) is 4.02. The summed E-state index contributed by atoms with van der Waals surface area (Å²) in [6, 6.07) is 9.64. The van der Waals surface area contributed by atoms with E-state index in [2.05, 4.69) is 5.32 Å². The third-order valence-corrected chi connectivity index (χ3v) is 8.40. The van der Waals surface area contributed by atoms with Crippen LogP contribution in [0, 0.1) is 0 Å². The van der Waals surface area contributed by atoms with Crippen LogP contribution in [0.3, 0.4) is 0 Å². The fourth-order valence-corrected chi connectivity index (χ4v) is 6.29. The summed E-state index contributed by atoms with van der Waals surface area (Å²) < 4.78 is 39.1. The molecular formula is C18H22N2O5S2. The second kappa shape index (κ2) is 7.84. The van der Waals surface area contributed by atoms with E-state index in [0.717, 1.165) is 10.1 Å². The van der Waals surface area contributed by atoms with Crippen LogP contribution in [-0.2, 0) is 19.5 Å². The summed E-state index contributed by atoms with van der Waals surface area (Å²) in [6.07, 6.45) is 0.378. The van der Waals surface area contributed by atoms with E-state index in [1.165, 1.54) is 15.6 Å². The zero-order chi connectivity index (χ0) is 18.9. The predicted molar refractivity (Wildman–Crippen MR) is 103 cm³/mol. The first kappa shape index (κ1) is 18.8. The lowest BCUT2D eigenvalue weighted by Crippen LogP contribution is -2.54. The van der Waals surface area contributed by atoms with E-state index in [0.29, 0.717) is 37.5 Å². The predicted octanol–water partition coefficient (Wildman–Crippen LogP) is 1.80. The van der Waals surface area contributed by atoms with Crippen molar-refractivity contribution in [2.24, 2.45) is 0 Å². The summed E-state index contributed by atoms with van der Waals surface area (Å²) >= 11 is 1.41. The van der Waals surface area contributed by atoms with Gasteiger partial charge in [0.2, 0.25) is 10.0 Å². The van der Waals surface area contributed by atoms with Crippen LogP contribution in [0.5, 0.6) is 0 Å². The van der Waals surface area contributed by atoms with Crippen molar-refractivity contribution in [3.8, 4) is 0 Å². The Bertz CT molecular complexity index is 888. The van der Waals surface area contributed by atoms with Crippen LogP contribution >= 0.6 is 11.3 Å². The molecule has 4 rings (SSSR count). The van der Waals surface area contributed by atoms with Crippen LogP contribution in [0.4, 0.5) is 0 Å². The second-order valence-corrected chi connectivity index (χ2v) is 9.99. The first-order chi connectivity index (χ1) is 13.0. The number of benzene rings is 1. The van der Waals surface area contributed by atoms with Crippen molar-refractivity contribution in [2.75, 3.05) is 32.9 Å². The molecule has 1 N–H and O–H groups in total. The molecule has 1 amide bonds. The van der Waals surface area contributed by atoms with Gasteiger partial charge < -0.3 is 14.8 Å². The number of nitrogens with zero attached hydrogens (tertiary/aromatic N) is 1. The molecule has 1 atom stereocenters. The first-order valence-corrected chi connectivity index (χ1v) is 11.3. The molecule has 2 aliphatic heterocycles. The molecular weight excluding hydrogens is 388 g/mol. The zero-order valence-electron chi connectivity index (χ0n) is 14.8. The van der Waals surface area contributed by atoms with Crippen molar-refractivity contribution < 1.29 is 22.7 Å². The Kier molecular flexibility index (Phi) is 5.47. The van der Waals surface area contributed by atoms with Crippen molar-refractivity contribution in [1.29, 1.82) is 0 Å². The third-order valence-electron chi connectivity index (χ3n) is 4.92. The number of hydrogen-bond donors (Lipinski definition) is 1. The molecule has 9 heteroatoms. The van der Waals surface area contributed by atoms with E-state index in [-0.39, 0.29) is 19.1 Å². The molecule has 146 valence electrons. The number of rotatable bonds is 4. The molecule has 27 heavy (non-hydrogen) atoms. The van der Waals surface area contributed by atoms with Crippen LogP contribution in [-0.4, -0.2) is 63.0 Å². The molecule has 7 nitrogen and oxygen atoms in total. The van der Waals surface area contributed by atoms with E-state index in [9.17, 15) is 13.2 Å². The Hall–Kier alpha value is -1.52. The molecule has 1 aromatic heterocycles. The van der Waals surface area contributed by atoms with Crippen LogP contribution in [0.1, 0.15) is 22.5 Å². The lowest BCUT2D eigenvalue weighted by Gasteiger charge is -2.35. The van der Waals surface area contributed by atoms with Gasteiger partial charge in [-0.15, -0.1) is 11.3 Å². The molecule has 0 spiro atoms. The average molecular weight is 411 g/mol. The second-order valence-electron chi connectivity index (χ2n) is 6.70. The van der Waals surface area contributed by atoms with Gasteiger partial charge in [-0.25, -0.2) is 8.42 Å². The van der Waals surface area contributed by atoms with Crippen molar-refractivity contribution in [1.82, 2.24) is 9.62 Å². The van der Waals surface area contributed by atoms with Crippen molar-refractivity contribution in [2.45, 2.75) is 24.3 Å². The fourth-order valence-electron chi connectivity index (χ4n) is 3.44. The number of fused-ring (bicyclic) bond motifs is 1. The monoisotopic (exact) mass is 410 g/mol. The number of carbonyl (C=O) groups is 1. The van der Waals surface area contributed by atoms with E-state index in [1.807, 2.05) is 30.3 Å². The van der Waals surface area contributed by atoms with Gasteiger partial charge in [0.25, 0.3) is 5.91 Å². The number of nitrogens with one attached hydrogen (secondary N) is 1. The first-order valence-electron chi connectivity index (χ1n) is 9.02. The summed E-state index contributed by atoms with van der Waals surface area (Å²) in [7, 11) is -3.41. The number of morpholine rings is 1. The molecule has 2 aromatic rings. The van der Waals surface area contributed by atoms with Crippen LogP contribution in [0.25, 0.3) is 10.1 Å². The van der Waals surface area contributed by atoms with Gasteiger partial charge in [-0.2, -0.15) is 4.31 Å². The highest BCUT2D eigenvalue weighted by molar-refractivity contribution is 7.89. The Morgan fingerprint density at radius 1 is 1.19 bits per heavy atom. The number of hydrogen-bond acceptors (Lipinski definition) is 6. The molecule has 2 aliphatic rings. The summed E-state index contributed by atoms with van der Waals surface area (Å²) in [5, 5.41) is 3.42. The molecule has 3 heterocycles. The van der Waals surface area contributed by atoms with Crippen LogP contribution < -0.4 is 5.32 Å². The van der Waals surface area contributed by atoms with Gasteiger partial charge in [-0.05, 0) is 30.4 Å². The highest BCUT2D eigenvalue weighted by atomic mass is 32.2. The molecule has 2 fully saturated rings. The lowest BCUT2D eigenvalue weighted by atomic mass is 10.2. The molecule has 0 saturated carbocycles. The van der Waals surface area contributed by atoms with E-state index in [1.54, 1.807) is 0 Å². The molecule has 2 saturated heterocycles. The Morgan fingerprint density at radius 2 is 1.96 bits per heavy atom. The molecule has 1 unspecified atom stereocenters. The van der Waals surface area contributed by atoms with Gasteiger partial charge in [-0.3, -0.25) is 4.79 Å². The van der Waals surface area contributed by atoms with Gasteiger partial charge in [0.15, 0.2) is 0 Å². The van der Waals surface area contributed by atoms with Crippen molar-refractivity contribution in [3.63, 3.8) is 0 Å². The Labute approximate surface area is 162 Å². The lowest BCUT2D eigenvalue weighted by molar-refractivity contribution is -0.0178. The largest absolute Gasteiger partial charge is 0.381 e. The van der Waals surface area contributed by atoms with Crippen molar-refractivity contribution >= 4 is 37.4 Å². The van der Waals surface area contributed by atoms with Crippen molar-refractivity contribution in [3.05, 3.63) is 35.2 Å². The summed E-state index contributed by atoms with van der Waals surface area (Å²) in [6.45, 7) is 1.66. The van der Waals surface area contributed by atoms with Gasteiger partial charge in [0.05, 0.1) is 23.3 Å². The maximum absolute atomic E-state index is 12.9. The summed E-state index contributed by atoms with van der Waals surface area (Å²) in [5.74, 6) is -0.244. The minimum absolute atomic E-state index is 0.135. The van der Waals surface area contributed by atoms with Gasteiger partial charge in [0, 0.05) is 24.5 Å². The van der Waals surface area contributed by atoms with E-state index in [4.69, 9.17) is 9.47 Å². The molecule has 0 radical (unpaired) electrons. The van der Waals surface area contributed by atoms with E-state index < -0.39 is 21.5 Å². The molecule has 1 aromatic carbocycles. The standard InChI is InChI=1S/C18H22N2O5S2/c21-18(16-11-13-3-1-2-4-15(13)26-16)19-17-12-20(7-10-25-17)27(22,23)14-5-8-24-9-6-14/h1-4,11,14,17H,5-10,12H2,(H,19,21). The van der Waals surface area contributed by atoms with Gasteiger partial charge in [0.1, 0.15) is 6.23 Å². The zero-order valence-corrected chi connectivity index (χ0v) is 16.4. The Morgan fingerprint density at radius 3 is 2.74 bits per heavy atom. The topological polar surface area (TPSA) is 84.9 Å². The van der Waals surface area contributed by atoms with Crippen LogP contribution in [0.2, 0.25) is 0 Å². The minimum Gasteiger partial charge on any atom is -0.381 e. The highest BCUT2D eigenvalue weighted by Crippen LogP contribution is 2.26. The number of thiophene rings is 1. The maximum atomic E-state index is 12.9. The van der Waals surface area contributed by atoms with E-state index >= 15 is 0 Å². The minimum atomic E-state index is -3.41. The van der Waals surface area contributed by atoms with Crippen LogP contribution in [0.15, 0.2) is 30.3 Å². The maximum Gasteiger partial charge on any atom is 0.263 e. The number of amides is 1. The Balaban J connectivity index is 1.42. The van der Waals surface area contributed by atoms with Gasteiger partial charge in [-0.1, -0.05) is 18.2 Å². The average Bonchev–Trinajstić information content (AvgIpc) is 3.13. The van der Waals surface area contributed by atoms with Gasteiger partial charge >= 0.3 is 0 Å². The molecule has 0 bridgehead atoms. The number of ether oxygens (including phenoxy) is 2. The highest BCUT2D eigenvalue weighted by Gasteiger charge is 2.37.